The van der Waals surface area contributed by atoms with Gasteiger partial charge in [-0.15, -0.1) is 0 Å². The van der Waals surface area contributed by atoms with Crippen LogP contribution in [0, 0.1) is 29.9 Å². The number of rotatable bonds is 6. The Hall–Kier alpha value is -3.22. The number of piperidine rings is 1. The highest BCUT2D eigenvalue weighted by Gasteiger charge is 2.25. The van der Waals surface area contributed by atoms with Crippen LogP contribution in [0.4, 0.5) is 11.4 Å². The van der Waals surface area contributed by atoms with E-state index in [1.54, 1.807) is 18.2 Å². The molecule has 0 saturated carbocycles. The van der Waals surface area contributed by atoms with E-state index in [2.05, 4.69) is 6.92 Å². The summed E-state index contributed by atoms with van der Waals surface area (Å²) in [5.74, 6) is -0.617. The summed E-state index contributed by atoms with van der Waals surface area (Å²) in [6, 6.07) is 9.64. The summed E-state index contributed by atoms with van der Waals surface area (Å²) in [7, 11) is 0. The summed E-state index contributed by atoms with van der Waals surface area (Å²) in [6.45, 7) is 7.05. The van der Waals surface area contributed by atoms with E-state index in [1.165, 1.54) is 12.1 Å². The van der Waals surface area contributed by atoms with Crippen LogP contribution in [0.2, 0.25) is 0 Å². The molecule has 3 rings (SSSR count). The van der Waals surface area contributed by atoms with Gasteiger partial charge in [-0.2, -0.15) is 0 Å². The SMILES string of the molecule is Cc1ccc(C(=O)COC(=O)c2ccc(N3CCCC(C)C3)c([N+](=O)[O-])c2)cc1C. The van der Waals surface area contributed by atoms with Gasteiger partial charge in [0.05, 0.1) is 10.5 Å². The molecular formula is C23H26N2O5. The second kappa shape index (κ2) is 9.07. The molecule has 1 fully saturated rings. The fourth-order valence-corrected chi connectivity index (χ4v) is 3.68. The van der Waals surface area contributed by atoms with Crippen molar-refractivity contribution in [1.29, 1.82) is 0 Å². The van der Waals surface area contributed by atoms with Gasteiger partial charge < -0.3 is 9.64 Å². The number of esters is 1. The smallest absolute Gasteiger partial charge is 0.338 e. The average Bonchev–Trinajstić information content (AvgIpc) is 2.73. The van der Waals surface area contributed by atoms with Crippen LogP contribution in [0.1, 0.15) is 51.6 Å². The molecule has 0 spiro atoms. The molecule has 1 aliphatic heterocycles. The number of nitro groups is 1. The van der Waals surface area contributed by atoms with Crippen LogP contribution >= 0.6 is 0 Å². The predicted octanol–water partition coefficient (Wildman–Crippen LogP) is 4.49. The van der Waals surface area contributed by atoms with Crippen molar-refractivity contribution >= 4 is 23.1 Å². The lowest BCUT2D eigenvalue weighted by Crippen LogP contribution is -2.34. The summed E-state index contributed by atoms with van der Waals surface area (Å²) in [5.41, 5.74) is 2.95. The van der Waals surface area contributed by atoms with E-state index in [4.69, 9.17) is 4.74 Å². The van der Waals surface area contributed by atoms with Crippen molar-refractivity contribution in [3.05, 3.63) is 68.8 Å². The minimum Gasteiger partial charge on any atom is -0.454 e. The van der Waals surface area contributed by atoms with Gasteiger partial charge in [0.15, 0.2) is 12.4 Å². The number of nitro benzene ring substituents is 1. The summed E-state index contributed by atoms with van der Waals surface area (Å²) < 4.78 is 5.13. The Morgan fingerprint density at radius 1 is 1.13 bits per heavy atom. The maximum atomic E-state index is 12.4. The highest BCUT2D eigenvalue weighted by atomic mass is 16.6. The molecule has 0 bridgehead atoms. The predicted molar refractivity (Wildman–Crippen MR) is 114 cm³/mol. The monoisotopic (exact) mass is 410 g/mol. The van der Waals surface area contributed by atoms with Crippen molar-refractivity contribution in [2.45, 2.75) is 33.6 Å². The van der Waals surface area contributed by atoms with Crippen molar-refractivity contribution < 1.29 is 19.2 Å². The second-order valence-corrected chi connectivity index (χ2v) is 7.95. The summed E-state index contributed by atoms with van der Waals surface area (Å²) in [4.78, 5) is 37.8. The zero-order valence-electron chi connectivity index (χ0n) is 17.5. The van der Waals surface area contributed by atoms with Gasteiger partial charge in [0.1, 0.15) is 5.69 Å². The van der Waals surface area contributed by atoms with Crippen LogP contribution in [-0.2, 0) is 4.74 Å². The third kappa shape index (κ3) is 4.84. The first-order valence-electron chi connectivity index (χ1n) is 10.1. The maximum Gasteiger partial charge on any atom is 0.338 e. The fraction of sp³-hybridized carbons (Fsp3) is 0.391. The molecule has 0 N–H and O–H groups in total. The number of ether oxygens (including phenoxy) is 1. The molecule has 158 valence electrons. The molecule has 1 saturated heterocycles. The largest absolute Gasteiger partial charge is 0.454 e. The first-order chi connectivity index (χ1) is 14.3. The van der Waals surface area contributed by atoms with Crippen LogP contribution in [-0.4, -0.2) is 36.4 Å². The van der Waals surface area contributed by atoms with Gasteiger partial charge in [0, 0.05) is 24.7 Å². The normalized spacial score (nSPS) is 16.2. The van der Waals surface area contributed by atoms with Crippen LogP contribution in [0.25, 0.3) is 0 Å². The molecular weight excluding hydrogens is 384 g/mol. The highest BCUT2D eigenvalue weighted by Crippen LogP contribution is 2.32. The Morgan fingerprint density at radius 3 is 2.53 bits per heavy atom. The lowest BCUT2D eigenvalue weighted by Gasteiger charge is -2.32. The third-order valence-electron chi connectivity index (χ3n) is 5.57. The quantitative estimate of drug-likeness (QED) is 0.302. The Kier molecular flexibility index (Phi) is 6.50. The van der Waals surface area contributed by atoms with Gasteiger partial charge in [0.25, 0.3) is 5.69 Å². The Morgan fingerprint density at radius 2 is 1.87 bits per heavy atom. The number of carbonyl (C=O) groups excluding carboxylic acids is 2. The molecule has 1 atom stereocenters. The Balaban J connectivity index is 1.72. The molecule has 1 unspecified atom stereocenters. The van der Waals surface area contributed by atoms with Crippen molar-refractivity contribution in [2.24, 2.45) is 5.92 Å². The number of ketones is 1. The first kappa shape index (κ1) is 21.5. The molecule has 0 radical (unpaired) electrons. The average molecular weight is 410 g/mol. The second-order valence-electron chi connectivity index (χ2n) is 7.95. The van der Waals surface area contributed by atoms with E-state index in [9.17, 15) is 19.7 Å². The van der Waals surface area contributed by atoms with Crippen molar-refractivity contribution in [3.63, 3.8) is 0 Å². The zero-order chi connectivity index (χ0) is 21.8. The minimum absolute atomic E-state index is 0.0587. The number of Topliss-reactive ketones (excluding diaryl/α,β-unsaturated/α-hetero) is 1. The van der Waals surface area contributed by atoms with Gasteiger partial charge in [-0.05, 0) is 61.9 Å². The maximum absolute atomic E-state index is 12.4. The van der Waals surface area contributed by atoms with Gasteiger partial charge in [-0.25, -0.2) is 4.79 Å². The van der Waals surface area contributed by atoms with Gasteiger partial charge in [0.2, 0.25) is 0 Å². The van der Waals surface area contributed by atoms with E-state index >= 15 is 0 Å². The number of carbonyl (C=O) groups is 2. The van der Waals surface area contributed by atoms with Gasteiger partial charge in [-0.1, -0.05) is 19.1 Å². The summed E-state index contributed by atoms with van der Waals surface area (Å²) in [5, 5.41) is 11.6. The summed E-state index contributed by atoms with van der Waals surface area (Å²) >= 11 is 0. The molecule has 2 aromatic rings. The van der Waals surface area contributed by atoms with Gasteiger partial charge in [-0.3, -0.25) is 14.9 Å². The summed E-state index contributed by atoms with van der Waals surface area (Å²) in [6.07, 6.45) is 2.08. The van der Waals surface area contributed by atoms with Crippen LogP contribution < -0.4 is 4.90 Å². The van der Waals surface area contributed by atoms with E-state index in [0.717, 1.165) is 37.1 Å². The van der Waals surface area contributed by atoms with Gasteiger partial charge >= 0.3 is 5.97 Å². The van der Waals surface area contributed by atoms with Crippen molar-refractivity contribution in [3.8, 4) is 0 Å². The van der Waals surface area contributed by atoms with Crippen LogP contribution in [0.15, 0.2) is 36.4 Å². The fourth-order valence-electron chi connectivity index (χ4n) is 3.68. The third-order valence-corrected chi connectivity index (χ3v) is 5.57. The number of aryl methyl sites for hydroxylation is 2. The highest BCUT2D eigenvalue weighted by molar-refractivity contribution is 5.99. The number of nitrogens with zero attached hydrogens (tertiary/aromatic N) is 2. The molecule has 30 heavy (non-hydrogen) atoms. The number of hydrogen-bond acceptors (Lipinski definition) is 6. The standard InChI is InChI=1S/C23H26N2O5/c1-15-5-4-10-24(13-15)20-9-8-19(12-21(20)25(28)29)23(27)30-14-22(26)18-7-6-16(2)17(3)11-18/h6-9,11-12,15H,4-5,10,13-14H2,1-3H3. The van der Waals surface area contributed by atoms with E-state index < -0.39 is 17.5 Å². The minimum atomic E-state index is -0.756. The number of anilines is 1. The topological polar surface area (TPSA) is 89.8 Å². The Bertz CT molecular complexity index is 986. The van der Waals surface area contributed by atoms with Crippen LogP contribution in [0.5, 0.6) is 0 Å². The van der Waals surface area contributed by atoms with E-state index in [0.29, 0.717) is 17.2 Å². The van der Waals surface area contributed by atoms with E-state index in [-0.39, 0.29) is 17.0 Å². The number of hydrogen-bond donors (Lipinski definition) is 0. The number of benzene rings is 2. The lowest BCUT2D eigenvalue weighted by molar-refractivity contribution is -0.384. The molecule has 0 aliphatic carbocycles. The molecule has 7 heteroatoms. The zero-order valence-corrected chi connectivity index (χ0v) is 17.5. The molecule has 7 nitrogen and oxygen atoms in total. The van der Waals surface area contributed by atoms with Crippen molar-refractivity contribution in [1.82, 2.24) is 0 Å². The molecule has 0 amide bonds. The molecule has 1 aliphatic rings. The Labute approximate surface area is 175 Å². The molecule has 0 aromatic heterocycles. The lowest BCUT2D eigenvalue weighted by atomic mass is 9.99. The first-order valence-corrected chi connectivity index (χ1v) is 10.1. The van der Waals surface area contributed by atoms with E-state index in [1.807, 2.05) is 24.8 Å². The van der Waals surface area contributed by atoms with Crippen LogP contribution in [0.3, 0.4) is 0 Å². The van der Waals surface area contributed by atoms with Crippen molar-refractivity contribution in [2.75, 3.05) is 24.6 Å². The molecule has 2 aromatic carbocycles. The molecule has 1 heterocycles.